The largest absolute Gasteiger partial charge is 0.324 e. The molecule has 3 aromatic rings. The molecule has 0 aliphatic heterocycles. The number of fused-ring (bicyclic) bond motifs is 1. The minimum absolute atomic E-state index is 0.0991. The number of benzene rings is 1. The fraction of sp³-hybridized carbons (Fsp3) is 0.235. The summed E-state index contributed by atoms with van der Waals surface area (Å²) in [5.41, 5.74) is 1.37. The molecule has 0 radical (unpaired) electrons. The number of thiazole rings is 1. The summed E-state index contributed by atoms with van der Waals surface area (Å²) in [4.78, 5) is 32.3. The van der Waals surface area contributed by atoms with Crippen LogP contribution in [-0.4, -0.2) is 40.0 Å². The van der Waals surface area contributed by atoms with Gasteiger partial charge in [-0.25, -0.2) is 4.98 Å². The van der Waals surface area contributed by atoms with E-state index in [0.29, 0.717) is 17.2 Å². The van der Waals surface area contributed by atoms with Crippen molar-refractivity contribution in [1.82, 2.24) is 14.3 Å². The van der Waals surface area contributed by atoms with E-state index >= 15 is 0 Å². The fourth-order valence-corrected chi connectivity index (χ4v) is 3.78. The zero-order chi connectivity index (χ0) is 17.8. The van der Waals surface area contributed by atoms with Crippen LogP contribution in [0.4, 0.5) is 5.69 Å². The molecule has 2 heterocycles. The predicted molar refractivity (Wildman–Crippen MR) is 103 cm³/mol. The SMILES string of the molecule is CSc1ccccc1NC(=O)CN(C)Cc1cc(=O)n2ccsc2n1. The lowest BCUT2D eigenvalue weighted by Gasteiger charge is -2.16. The number of hydrogen-bond acceptors (Lipinski definition) is 6. The molecule has 0 aliphatic rings. The molecule has 0 fully saturated rings. The van der Waals surface area contributed by atoms with Crippen LogP contribution in [0.1, 0.15) is 5.69 Å². The number of rotatable bonds is 6. The van der Waals surface area contributed by atoms with Gasteiger partial charge in [-0.05, 0) is 25.4 Å². The Bertz CT molecular complexity index is 951. The molecule has 0 saturated carbocycles. The number of amides is 1. The lowest BCUT2D eigenvalue weighted by atomic mass is 10.3. The summed E-state index contributed by atoms with van der Waals surface area (Å²) in [6, 6.07) is 9.21. The first kappa shape index (κ1) is 17.7. The first-order chi connectivity index (χ1) is 12.1. The Hall–Kier alpha value is -2.16. The molecule has 130 valence electrons. The molecule has 3 rings (SSSR count). The number of carbonyl (C=O) groups excluding carboxylic acids is 1. The molecular weight excluding hydrogens is 356 g/mol. The molecule has 25 heavy (non-hydrogen) atoms. The molecule has 0 saturated heterocycles. The van der Waals surface area contributed by atoms with E-state index in [1.54, 1.807) is 18.0 Å². The van der Waals surface area contributed by atoms with Gasteiger partial charge >= 0.3 is 0 Å². The van der Waals surface area contributed by atoms with E-state index in [4.69, 9.17) is 0 Å². The average molecular weight is 374 g/mol. The number of carbonyl (C=O) groups is 1. The van der Waals surface area contributed by atoms with Crippen molar-refractivity contribution in [3.05, 3.63) is 58.0 Å². The Balaban J connectivity index is 1.64. The van der Waals surface area contributed by atoms with Crippen LogP contribution < -0.4 is 10.9 Å². The lowest BCUT2D eigenvalue weighted by Crippen LogP contribution is -2.30. The van der Waals surface area contributed by atoms with Crippen molar-refractivity contribution < 1.29 is 4.79 Å². The van der Waals surface area contributed by atoms with Gasteiger partial charge in [0.2, 0.25) is 5.91 Å². The Morgan fingerprint density at radius 1 is 1.40 bits per heavy atom. The molecule has 1 N–H and O–H groups in total. The van der Waals surface area contributed by atoms with E-state index in [0.717, 1.165) is 10.6 Å². The average Bonchev–Trinajstić information content (AvgIpc) is 3.04. The number of para-hydroxylation sites is 1. The van der Waals surface area contributed by atoms with E-state index in [1.165, 1.54) is 21.8 Å². The monoisotopic (exact) mass is 374 g/mol. The lowest BCUT2D eigenvalue weighted by molar-refractivity contribution is -0.117. The summed E-state index contributed by atoms with van der Waals surface area (Å²) in [5.74, 6) is -0.0991. The molecule has 2 aromatic heterocycles. The molecule has 0 spiro atoms. The zero-order valence-electron chi connectivity index (χ0n) is 13.9. The third-order valence-corrected chi connectivity index (χ3v) is 5.14. The van der Waals surface area contributed by atoms with Gasteiger partial charge in [0.15, 0.2) is 4.96 Å². The first-order valence-electron chi connectivity index (χ1n) is 7.64. The van der Waals surface area contributed by atoms with Crippen LogP contribution in [0, 0.1) is 0 Å². The van der Waals surface area contributed by atoms with Gasteiger partial charge in [0.25, 0.3) is 5.56 Å². The Morgan fingerprint density at radius 3 is 3.00 bits per heavy atom. The van der Waals surface area contributed by atoms with E-state index in [-0.39, 0.29) is 18.0 Å². The van der Waals surface area contributed by atoms with Crippen molar-refractivity contribution in [2.45, 2.75) is 11.4 Å². The number of nitrogens with zero attached hydrogens (tertiary/aromatic N) is 3. The van der Waals surface area contributed by atoms with E-state index in [1.807, 2.05) is 47.8 Å². The second-order valence-electron chi connectivity index (χ2n) is 5.56. The summed E-state index contributed by atoms with van der Waals surface area (Å²) in [6.07, 6.45) is 3.68. The van der Waals surface area contributed by atoms with Crippen LogP contribution >= 0.6 is 23.1 Å². The second kappa shape index (κ2) is 7.81. The summed E-state index contributed by atoms with van der Waals surface area (Å²) >= 11 is 3.00. The molecule has 8 heteroatoms. The highest BCUT2D eigenvalue weighted by Gasteiger charge is 2.11. The van der Waals surface area contributed by atoms with Crippen molar-refractivity contribution in [2.24, 2.45) is 0 Å². The van der Waals surface area contributed by atoms with Crippen LogP contribution in [0.15, 0.2) is 51.6 Å². The van der Waals surface area contributed by atoms with Gasteiger partial charge in [-0.2, -0.15) is 0 Å². The van der Waals surface area contributed by atoms with Gasteiger partial charge < -0.3 is 5.32 Å². The third-order valence-electron chi connectivity index (χ3n) is 3.58. The summed E-state index contributed by atoms with van der Waals surface area (Å²) in [7, 11) is 1.83. The standard InChI is InChI=1S/C17H18N4O2S2/c1-20(10-12-9-16(23)21-7-8-25-17(21)18-12)11-15(22)19-13-5-3-4-6-14(13)24-2/h3-9H,10-11H2,1-2H3,(H,19,22). The van der Waals surface area contributed by atoms with Crippen LogP contribution in [0.3, 0.4) is 0 Å². The third kappa shape index (κ3) is 4.28. The first-order valence-corrected chi connectivity index (χ1v) is 9.74. The van der Waals surface area contributed by atoms with Crippen LogP contribution in [0.25, 0.3) is 4.96 Å². The molecule has 0 aliphatic carbocycles. The summed E-state index contributed by atoms with van der Waals surface area (Å²) < 4.78 is 1.51. The number of likely N-dealkylation sites (N-methyl/N-ethyl adjacent to an activating group) is 1. The minimum Gasteiger partial charge on any atom is -0.324 e. The van der Waals surface area contributed by atoms with Crippen LogP contribution in [-0.2, 0) is 11.3 Å². The molecule has 0 unspecified atom stereocenters. The minimum atomic E-state index is -0.104. The topological polar surface area (TPSA) is 66.7 Å². The predicted octanol–water partition coefficient (Wildman–Crippen LogP) is 2.55. The van der Waals surface area contributed by atoms with Gasteiger partial charge in [0, 0.05) is 29.1 Å². The highest BCUT2D eigenvalue weighted by molar-refractivity contribution is 7.98. The highest BCUT2D eigenvalue weighted by atomic mass is 32.2. The van der Waals surface area contributed by atoms with E-state index in [2.05, 4.69) is 10.3 Å². The molecule has 0 bridgehead atoms. The Morgan fingerprint density at radius 2 is 2.20 bits per heavy atom. The van der Waals surface area contributed by atoms with Gasteiger partial charge in [-0.3, -0.25) is 18.9 Å². The molecule has 6 nitrogen and oxygen atoms in total. The molecule has 1 aromatic carbocycles. The zero-order valence-corrected chi connectivity index (χ0v) is 15.6. The van der Waals surface area contributed by atoms with Gasteiger partial charge in [0.1, 0.15) is 0 Å². The maximum Gasteiger partial charge on any atom is 0.258 e. The highest BCUT2D eigenvalue weighted by Crippen LogP contribution is 2.24. The van der Waals surface area contributed by atoms with E-state index < -0.39 is 0 Å². The molecular formula is C17H18N4O2S2. The van der Waals surface area contributed by atoms with Gasteiger partial charge in [-0.1, -0.05) is 12.1 Å². The van der Waals surface area contributed by atoms with Crippen molar-refractivity contribution >= 4 is 39.7 Å². The van der Waals surface area contributed by atoms with Crippen molar-refractivity contribution in [1.29, 1.82) is 0 Å². The summed E-state index contributed by atoms with van der Waals surface area (Å²) in [6.45, 7) is 0.648. The quantitative estimate of drug-likeness (QED) is 0.672. The van der Waals surface area contributed by atoms with Crippen LogP contribution in [0.5, 0.6) is 0 Å². The maximum absolute atomic E-state index is 12.3. The van der Waals surface area contributed by atoms with Gasteiger partial charge in [-0.15, -0.1) is 23.1 Å². The fourth-order valence-electron chi connectivity index (χ4n) is 2.48. The normalized spacial score (nSPS) is 11.2. The number of aromatic nitrogens is 2. The molecule has 1 amide bonds. The molecule has 0 atom stereocenters. The number of nitrogens with one attached hydrogen (secondary N) is 1. The van der Waals surface area contributed by atoms with Gasteiger partial charge in [0.05, 0.1) is 17.9 Å². The second-order valence-corrected chi connectivity index (χ2v) is 7.28. The van der Waals surface area contributed by atoms with Crippen molar-refractivity contribution in [2.75, 3.05) is 25.2 Å². The van der Waals surface area contributed by atoms with E-state index in [9.17, 15) is 9.59 Å². The number of thioether (sulfide) groups is 1. The number of anilines is 1. The smallest absolute Gasteiger partial charge is 0.258 e. The summed E-state index contributed by atoms with van der Waals surface area (Å²) in [5, 5.41) is 4.76. The maximum atomic E-state index is 12.3. The van der Waals surface area contributed by atoms with Crippen molar-refractivity contribution in [3.63, 3.8) is 0 Å². The van der Waals surface area contributed by atoms with Crippen molar-refractivity contribution in [3.8, 4) is 0 Å². The number of hydrogen-bond donors (Lipinski definition) is 1. The van der Waals surface area contributed by atoms with Crippen LogP contribution in [0.2, 0.25) is 0 Å². The Labute approximate surface area is 153 Å². The Kier molecular flexibility index (Phi) is 5.52.